The highest BCUT2D eigenvalue weighted by atomic mass is 35.5. The number of methoxy groups -OCH3 is 1. The van der Waals surface area contributed by atoms with Crippen LogP contribution in [0.1, 0.15) is 16.1 Å². The molecule has 0 saturated heterocycles. The van der Waals surface area contributed by atoms with Gasteiger partial charge in [-0.15, -0.1) is 0 Å². The minimum absolute atomic E-state index is 0.258. The predicted molar refractivity (Wildman–Crippen MR) is 120 cm³/mol. The van der Waals surface area contributed by atoms with Gasteiger partial charge in [0.25, 0.3) is 5.91 Å². The molecule has 0 aliphatic carbocycles. The number of halogens is 2. The molecule has 4 rings (SSSR count). The number of nitrogens with one attached hydrogen (secondary N) is 1. The van der Waals surface area contributed by atoms with E-state index in [1.807, 2.05) is 30.3 Å². The Kier molecular flexibility index (Phi) is 6.30. The van der Waals surface area contributed by atoms with E-state index in [4.69, 9.17) is 32.4 Å². The molecule has 0 bridgehead atoms. The van der Waals surface area contributed by atoms with E-state index in [0.717, 1.165) is 11.3 Å². The lowest BCUT2D eigenvalue weighted by Gasteiger charge is -2.10. The Morgan fingerprint density at radius 1 is 1.13 bits per heavy atom. The number of hydrogen-bond acceptors (Lipinski definition) is 4. The fraction of sp³-hybridized carbons (Fsp3) is 0.130. The van der Waals surface area contributed by atoms with Crippen molar-refractivity contribution in [2.75, 3.05) is 13.7 Å². The number of carbonyl (C=O) groups is 1. The molecule has 4 aromatic rings. The second-order valence-electron chi connectivity index (χ2n) is 6.74. The topological polar surface area (TPSA) is 69.3 Å². The van der Waals surface area contributed by atoms with Gasteiger partial charge in [0.2, 0.25) is 0 Å². The molecule has 31 heavy (non-hydrogen) atoms. The minimum atomic E-state index is -0.258. The molecule has 0 radical (unpaired) electrons. The molecule has 2 heterocycles. The molecule has 1 N–H and O–H groups in total. The van der Waals surface area contributed by atoms with E-state index in [-0.39, 0.29) is 5.91 Å². The molecule has 1 amide bonds. The van der Waals surface area contributed by atoms with Gasteiger partial charge in [-0.2, -0.15) is 5.10 Å². The fourth-order valence-electron chi connectivity index (χ4n) is 3.13. The second-order valence-corrected chi connectivity index (χ2v) is 7.59. The number of carbonyl (C=O) groups excluding carboxylic acids is 1. The summed E-state index contributed by atoms with van der Waals surface area (Å²) in [6.07, 6.45) is 2.14. The van der Waals surface area contributed by atoms with Crippen LogP contribution in [0.2, 0.25) is 10.0 Å². The van der Waals surface area contributed by atoms with E-state index in [1.54, 1.807) is 48.4 Å². The molecule has 158 valence electrons. The summed E-state index contributed by atoms with van der Waals surface area (Å²) in [7, 11) is 1.60. The lowest BCUT2D eigenvalue weighted by molar-refractivity contribution is 0.0946. The minimum Gasteiger partial charge on any atom is -0.497 e. The van der Waals surface area contributed by atoms with Gasteiger partial charge in [0.15, 0.2) is 5.76 Å². The van der Waals surface area contributed by atoms with Crippen LogP contribution in [0.4, 0.5) is 0 Å². The number of amides is 1. The first kappa shape index (κ1) is 21.0. The van der Waals surface area contributed by atoms with E-state index >= 15 is 0 Å². The Morgan fingerprint density at radius 3 is 2.61 bits per heavy atom. The number of rotatable bonds is 7. The summed E-state index contributed by atoms with van der Waals surface area (Å²) >= 11 is 12.2. The van der Waals surface area contributed by atoms with Gasteiger partial charge in [-0.25, -0.2) is 4.68 Å². The van der Waals surface area contributed by atoms with Crippen LogP contribution in [-0.4, -0.2) is 29.3 Å². The molecule has 0 spiro atoms. The smallest absolute Gasteiger partial charge is 0.270 e. The van der Waals surface area contributed by atoms with Gasteiger partial charge >= 0.3 is 0 Å². The average Bonchev–Trinajstić information content (AvgIpc) is 3.45. The SMILES string of the molecule is COc1ccc(-n2nc(-c3ccco3)cc2C(=O)NCCc2ccc(Cl)cc2Cl)cc1. The third-order valence-corrected chi connectivity index (χ3v) is 5.31. The number of furan rings is 1. The monoisotopic (exact) mass is 455 g/mol. The van der Waals surface area contributed by atoms with Crippen molar-refractivity contribution in [3.8, 4) is 22.9 Å². The molecule has 0 aliphatic heterocycles. The molecule has 0 aliphatic rings. The third-order valence-electron chi connectivity index (χ3n) is 4.73. The Balaban J connectivity index is 1.57. The van der Waals surface area contributed by atoms with Crippen LogP contribution in [0.5, 0.6) is 5.75 Å². The summed E-state index contributed by atoms with van der Waals surface area (Å²) in [5, 5.41) is 8.66. The summed E-state index contributed by atoms with van der Waals surface area (Å²) in [4.78, 5) is 13.0. The van der Waals surface area contributed by atoms with Crippen LogP contribution in [0, 0.1) is 0 Å². The molecular formula is C23H19Cl2N3O3. The molecule has 2 aromatic carbocycles. The molecule has 0 saturated carbocycles. The van der Waals surface area contributed by atoms with E-state index in [0.29, 0.717) is 45.9 Å². The van der Waals surface area contributed by atoms with Crippen molar-refractivity contribution >= 4 is 29.1 Å². The maximum Gasteiger partial charge on any atom is 0.270 e. The highest BCUT2D eigenvalue weighted by Gasteiger charge is 2.19. The molecular weight excluding hydrogens is 437 g/mol. The van der Waals surface area contributed by atoms with Crippen molar-refractivity contribution in [1.29, 1.82) is 0 Å². The molecule has 0 fully saturated rings. The van der Waals surface area contributed by atoms with Crippen LogP contribution in [0.15, 0.2) is 71.3 Å². The standard InChI is InChI=1S/C23H19Cl2N3O3/c1-30-18-8-6-17(7-9-18)28-21(14-20(27-28)22-3-2-12-31-22)23(29)26-11-10-15-4-5-16(24)13-19(15)25/h2-9,12-14H,10-11H2,1H3,(H,26,29). The molecule has 8 heteroatoms. The maximum absolute atomic E-state index is 13.0. The number of nitrogens with zero attached hydrogens (tertiary/aromatic N) is 2. The van der Waals surface area contributed by atoms with Crippen LogP contribution < -0.4 is 10.1 Å². The summed E-state index contributed by atoms with van der Waals surface area (Å²) in [6, 6.07) is 17.9. The summed E-state index contributed by atoms with van der Waals surface area (Å²) < 4.78 is 12.3. The van der Waals surface area contributed by atoms with E-state index in [1.165, 1.54) is 0 Å². The second kappa shape index (κ2) is 9.29. The Bertz CT molecular complexity index is 1190. The van der Waals surface area contributed by atoms with Gasteiger partial charge in [-0.05, 0) is 60.5 Å². The largest absolute Gasteiger partial charge is 0.497 e. The van der Waals surface area contributed by atoms with Crippen molar-refractivity contribution in [2.45, 2.75) is 6.42 Å². The predicted octanol–water partition coefficient (Wildman–Crippen LogP) is 5.42. The Hall–Kier alpha value is -3.22. The van der Waals surface area contributed by atoms with E-state index in [9.17, 15) is 4.79 Å². The summed E-state index contributed by atoms with van der Waals surface area (Å²) in [5.74, 6) is 1.04. The highest BCUT2D eigenvalue weighted by Crippen LogP contribution is 2.24. The number of hydrogen-bond donors (Lipinski definition) is 1. The van der Waals surface area contributed by atoms with Crippen molar-refractivity contribution in [3.63, 3.8) is 0 Å². The quantitative estimate of drug-likeness (QED) is 0.403. The van der Waals surface area contributed by atoms with E-state index < -0.39 is 0 Å². The van der Waals surface area contributed by atoms with Gasteiger partial charge in [0.1, 0.15) is 17.1 Å². The van der Waals surface area contributed by atoms with Crippen LogP contribution in [-0.2, 0) is 6.42 Å². The van der Waals surface area contributed by atoms with Crippen molar-refractivity contribution < 1.29 is 13.9 Å². The van der Waals surface area contributed by atoms with Crippen molar-refractivity contribution in [1.82, 2.24) is 15.1 Å². The van der Waals surface area contributed by atoms with Gasteiger partial charge in [-0.3, -0.25) is 4.79 Å². The van der Waals surface area contributed by atoms with Gasteiger partial charge < -0.3 is 14.5 Å². The zero-order chi connectivity index (χ0) is 21.8. The van der Waals surface area contributed by atoms with E-state index in [2.05, 4.69) is 10.4 Å². The zero-order valence-electron chi connectivity index (χ0n) is 16.6. The Labute approximate surface area is 189 Å². The summed E-state index contributed by atoms with van der Waals surface area (Å²) in [5.41, 5.74) is 2.58. The lowest BCUT2D eigenvalue weighted by atomic mass is 10.1. The van der Waals surface area contributed by atoms with Crippen molar-refractivity contribution in [3.05, 3.63) is 88.2 Å². The molecule has 0 unspecified atom stereocenters. The molecule has 2 aromatic heterocycles. The van der Waals surface area contributed by atoms with Gasteiger partial charge in [0.05, 0.1) is 19.1 Å². The van der Waals surface area contributed by atoms with Crippen LogP contribution in [0.3, 0.4) is 0 Å². The average molecular weight is 456 g/mol. The first-order valence-electron chi connectivity index (χ1n) is 9.55. The van der Waals surface area contributed by atoms with Gasteiger partial charge in [-0.1, -0.05) is 29.3 Å². The third kappa shape index (κ3) is 4.76. The summed E-state index contributed by atoms with van der Waals surface area (Å²) in [6.45, 7) is 0.407. The van der Waals surface area contributed by atoms with Crippen LogP contribution in [0.25, 0.3) is 17.1 Å². The maximum atomic E-state index is 13.0. The molecule has 0 atom stereocenters. The number of benzene rings is 2. The zero-order valence-corrected chi connectivity index (χ0v) is 18.2. The van der Waals surface area contributed by atoms with Crippen LogP contribution >= 0.6 is 23.2 Å². The Morgan fingerprint density at radius 2 is 1.94 bits per heavy atom. The first-order chi connectivity index (χ1) is 15.0. The van der Waals surface area contributed by atoms with Crippen molar-refractivity contribution in [2.24, 2.45) is 0 Å². The number of ether oxygens (including phenoxy) is 1. The first-order valence-corrected chi connectivity index (χ1v) is 10.3. The highest BCUT2D eigenvalue weighted by molar-refractivity contribution is 6.35. The molecule has 6 nitrogen and oxygen atoms in total. The fourth-order valence-corrected chi connectivity index (χ4v) is 3.64. The number of aromatic nitrogens is 2. The lowest BCUT2D eigenvalue weighted by Crippen LogP contribution is -2.27. The normalized spacial score (nSPS) is 10.8. The van der Waals surface area contributed by atoms with Gasteiger partial charge in [0, 0.05) is 22.7 Å².